The zero-order valence-electron chi connectivity index (χ0n) is 14.8. The molecule has 7 nitrogen and oxygen atoms in total. The second-order valence-electron chi connectivity index (χ2n) is 5.36. The smallest absolute Gasteiger partial charge is 0.339 e. The lowest BCUT2D eigenvalue weighted by Gasteiger charge is -2.23. The molecule has 26 heavy (non-hydrogen) atoms. The topological polar surface area (TPSA) is 84.9 Å². The molecule has 7 heteroatoms. The molecule has 2 aromatic carbocycles. The van der Waals surface area contributed by atoms with Crippen molar-refractivity contribution in [3.63, 3.8) is 0 Å². The first-order chi connectivity index (χ1) is 12.5. The van der Waals surface area contributed by atoms with Gasteiger partial charge in [0.05, 0.1) is 31.2 Å². The summed E-state index contributed by atoms with van der Waals surface area (Å²) in [6, 6.07) is 13.4. The van der Waals surface area contributed by atoms with E-state index in [2.05, 4.69) is 5.32 Å². The second-order valence-corrected chi connectivity index (χ2v) is 5.36. The fourth-order valence-electron chi connectivity index (χ4n) is 2.44. The van der Waals surface area contributed by atoms with Gasteiger partial charge in [-0.05, 0) is 24.3 Å². The molecule has 0 bridgehead atoms. The Bertz CT molecular complexity index is 819. The minimum atomic E-state index is -0.586. The molecule has 0 saturated carbocycles. The monoisotopic (exact) mass is 356 g/mol. The van der Waals surface area contributed by atoms with Crippen molar-refractivity contribution in [3.05, 3.63) is 54.1 Å². The Morgan fingerprint density at radius 2 is 1.65 bits per heavy atom. The van der Waals surface area contributed by atoms with E-state index in [4.69, 9.17) is 9.47 Å². The van der Waals surface area contributed by atoms with Crippen LogP contribution in [-0.4, -0.2) is 38.5 Å². The Hall–Kier alpha value is -3.35. The SMILES string of the molecule is COC(=O)c1ccccc1N(CC(=O)Nc1ccccc1OC)C(C)=O. The summed E-state index contributed by atoms with van der Waals surface area (Å²) in [4.78, 5) is 37.7. The van der Waals surface area contributed by atoms with Crippen LogP contribution in [0.1, 0.15) is 17.3 Å². The second kappa shape index (κ2) is 8.66. The standard InChI is InChI=1S/C19H20N2O5/c1-13(22)21(16-10-6-4-8-14(16)19(24)26-3)12-18(23)20-15-9-5-7-11-17(15)25-2/h4-11H,12H2,1-3H3,(H,20,23). The van der Waals surface area contributed by atoms with E-state index in [1.807, 2.05) is 0 Å². The molecule has 0 radical (unpaired) electrons. The van der Waals surface area contributed by atoms with Crippen molar-refractivity contribution in [3.8, 4) is 5.75 Å². The van der Waals surface area contributed by atoms with Crippen LogP contribution in [0.5, 0.6) is 5.75 Å². The van der Waals surface area contributed by atoms with E-state index in [0.29, 0.717) is 17.1 Å². The average molecular weight is 356 g/mol. The summed E-state index contributed by atoms with van der Waals surface area (Å²) in [5, 5.41) is 2.71. The molecule has 0 aromatic heterocycles. The van der Waals surface area contributed by atoms with E-state index >= 15 is 0 Å². The number of para-hydroxylation sites is 3. The first-order valence-electron chi connectivity index (χ1n) is 7.86. The van der Waals surface area contributed by atoms with Gasteiger partial charge in [0.2, 0.25) is 11.8 Å². The summed E-state index contributed by atoms with van der Waals surface area (Å²) in [5.41, 5.74) is 1.00. The van der Waals surface area contributed by atoms with Gasteiger partial charge >= 0.3 is 5.97 Å². The summed E-state index contributed by atoms with van der Waals surface area (Å²) >= 11 is 0. The Kier molecular flexibility index (Phi) is 6.32. The van der Waals surface area contributed by atoms with E-state index in [9.17, 15) is 14.4 Å². The first kappa shape index (κ1) is 19.0. The molecule has 0 aliphatic heterocycles. The van der Waals surface area contributed by atoms with Crippen LogP contribution in [-0.2, 0) is 14.3 Å². The summed E-state index contributed by atoms with van der Waals surface area (Å²) < 4.78 is 9.94. The van der Waals surface area contributed by atoms with Crippen LogP contribution in [0.15, 0.2) is 48.5 Å². The number of hydrogen-bond donors (Lipinski definition) is 1. The van der Waals surface area contributed by atoms with Gasteiger partial charge in [-0.15, -0.1) is 0 Å². The van der Waals surface area contributed by atoms with Crippen LogP contribution < -0.4 is 15.0 Å². The van der Waals surface area contributed by atoms with Gasteiger partial charge in [0.15, 0.2) is 0 Å². The molecule has 0 aliphatic carbocycles. The van der Waals surface area contributed by atoms with Crippen molar-refractivity contribution in [1.29, 1.82) is 0 Å². The van der Waals surface area contributed by atoms with Crippen molar-refractivity contribution >= 4 is 29.2 Å². The van der Waals surface area contributed by atoms with Crippen LogP contribution in [0.4, 0.5) is 11.4 Å². The van der Waals surface area contributed by atoms with Crippen molar-refractivity contribution in [2.75, 3.05) is 31.0 Å². The molecule has 1 N–H and O–H groups in total. The number of ether oxygens (including phenoxy) is 2. The lowest BCUT2D eigenvalue weighted by molar-refractivity contribution is -0.120. The molecule has 136 valence electrons. The van der Waals surface area contributed by atoms with Gasteiger partial charge in [0, 0.05) is 6.92 Å². The quantitative estimate of drug-likeness (QED) is 0.804. The Labute approximate surface area is 151 Å². The average Bonchev–Trinajstić information content (AvgIpc) is 2.65. The molecule has 0 heterocycles. The maximum absolute atomic E-state index is 12.4. The van der Waals surface area contributed by atoms with Gasteiger partial charge in [-0.3, -0.25) is 9.59 Å². The third-order valence-electron chi connectivity index (χ3n) is 3.66. The van der Waals surface area contributed by atoms with Crippen LogP contribution in [0.3, 0.4) is 0 Å². The molecule has 0 unspecified atom stereocenters. The minimum Gasteiger partial charge on any atom is -0.495 e. The molecule has 2 rings (SSSR count). The summed E-state index contributed by atoms with van der Waals surface area (Å²) in [5.74, 6) is -0.886. The number of nitrogens with one attached hydrogen (secondary N) is 1. The van der Waals surface area contributed by atoms with Crippen molar-refractivity contribution in [2.45, 2.75) is 6.92 Å². The number of amides is 2. The van der Waals surface area contributed by atoms with Gasteiger partial charge in [-0.25, -0.2) is 4.79 Å². The normalized spacial score (nSPS) is 9.96. The fraction of sp³-hybridized carbons (Fsp3) is 0.211. The molecule has 0 atom stereocenters. The Morgan fingerprint density at radius 1 is 1.00 bits per heavy atom. The number of anilines is 2. The van der Waals surface area contributed by atoms with Crippen molar-refractivity contribution < 1.29 is 23.9 Å². The number of methoxy groups -OCH3 is 2. The van der Waals surface area contributed by atoms with Crippen molar-refractivity contribution in [1.82, 2.24) is 0 Å². The number of hydrogen-bond acceptors (Lipinski definition) is 5. The third-order valence-corrected chi connectivity index (χ3v) is 3.66. The highest BCUT2D eigenvalue weighted by Crippen LogP contribution is 2.24. The lowest BCUT2D eigenvalue weighted by atomic mass is 10.1. The predicted molar refractivity (Wildman–Crippen MR) is 97.4 cm³/mol. The maximum Gasteiger partial charge on any atom is 0.339 e. The Balaban J connectivity index is 2.25. The number of nitrogens with zero attached hydrogens (tertiary/aromatic N) is 1. The lowest BCUT2D eigenvalue weighted by Crippen LogP contribution is -2.37. The van der Waals surface area contributed by atoms with Crippen LogP contribution in [0.2, 0.25) is 0 Å². The highest BCUT2D eigenvalue weighted by molar-refractivity contribution is 6.06. The predicted octanol–water partition coefficient (Wildman–Crippen LogP) is 2.47. The highest BCUT2D eigenvalue weighted by Gasteiger charge is 2.22. The largest absolute Gasteiger partial charge is 0.495 e. The van der Waals surface area contributed by atoms with E-state index in [1.54, 1.807) is 42.5 Å². The minimum absolute atomic E-state index is 0.204. The molecule has 0 fully saturated rings. The van der Waals surface area contributed by atoms with Gasteiger partial charge in [-0.2, -0.15) is 0 Å². The molecule has 0 aliphatic rings. The van der Waals surface area contributed by atoms with Crippen LogP contribution in [0, 0.1) is 0 Å². The summed E-state index contributed by atoms with van der Waals surface area (Å²) in [6.45, 7) is 1.06. The van der Waals surface area contributed by atoms with Gasteiger partial charge in [-0.1, -0.05) is 24.3 Å². The van der Waals surface area contributed by atoms with E-state index in [-0.39, 0.29) is 18.0 Å². The van der Waals surface area contributed by atoms with Crippen LogP contribution in [0.25, 0.3) is 0 Å². The van der Waals surface area contributed by atoms with E-state index in [1.165, 1.54) is 32.1 Å². The number of benzene rings is 2. The van der Waals surface area contributed by atoms with Gasteiger partial charge in [0.25, 0.3) is 0 Å². The van der Waals surface area contributed by atoms with E-state index < -0.39 is 11.9 Å². The zero-order valence-corrected chi connectivity index (χ0v) is 14.8. The fourth-order valence-corrected chi connectivity index (χ4v) is 2.44. The third kappa shape index (κ3) is 4.38. The zero-order chi connectivity index (χ0) is 19.1. The Morgan fingerprint density at radius 3 is 2.31 bits per heavy atom. The van der Waals surface area contributed by atoms with Gasteiger partial charge in [0.1, 0.15) is 12.3 Å². The molecule has 0 spiro atoms. The number of carbonyl (C=O) groups is 3. The summed E-state index contributed by atoms with van der Waals surface area (Å²) in [6.07, 6.45) is 0. The summed E-state index contributed by atoms with van der Waals surface area (Å²) in [7, 11) is 2.76. The van der Waals surface area contributed by atoms with Crippen LogP contribution >= 0.6 is 0 Å². The molecule has 0 saturated heterocycles. The highest BCUT2D eigenvalue weighted by atomic mass is 16.5. The number of esters is 1. The first-order valence-corrected chi connectivity index (χ1v) is 7.86. The van der Waals surface area contributed by atoms with Crippen molar-refractivity contribution in [2.24, 2.45) is 0 Å². The van der Waals surface area contributed by atoms with Gasteiger partial charge < -0.3 is 19.7 Å². The molecular weight excluding hydrogens is 336 g/mol. The van der Waals surface area contributed by atoms with E-state index in [0.717, 1.165) is 0 Å². The maximum atomic E-state index is 12.4. The number of carbonyl (C=O) groups excluding carboxylic acids is 3. The molecule has 2 aromatic rings. The number of rotatable bonds is 6. The molecule has 2 amide bonds. The molecular formula is C19H20N2O5.